The molecule has 2 aromatic heterocycles. The zero-order chi connectivity index (χ0) is 29.9. The second-order valence-corrected chi connectivity index (χ2v) is 11.8. The number of hydrogen-bond acceptors (Lipinski definition) is 6. The Kier molecular flexibility index (Phi) is 8.33. The van der Waals surface area contributed by atoms with Crippen LogP contribution in [0, 0.1) is 5.92 Å². The first-order chi connectivity index (χ1) is 20.9. The van der Waals surface area contributed by atoms with Crippen molar-refractivity contribution < 1.29 is 14.3 Å². The summed E-state index contributed by atoms with van der Waals surface area (Å²) in [6.07, 6.45) is 5.99. The Balaban J connectivity index is 0.971. The monoisotopic (exact) mass is 580 g/mol. The van der Waals surface area contributed by atoms with Gasteiger partial charge in [-0.3, -0.25) is 9.59 Å². The normalized spacial score (nSPS) is 15.9. The van der Waals surface area contributed by atoms with Gasteiger partial charge in [0.05, 0.1) is 12.1 Å². The van der Waals surface area contributed by atoms with Gasteiger partial charge in [0.1, 0.15) is 11.6 Å². The molecule has 2 aliphatic rings. The molecule has 1 saturated heterocycles. The van der Waals surface area contributed by atoms with Crippen LogP contribution < -0.4 is 20.3 Å². The zero-order valence-electron chi connectivity index (χ0n) is 25.2. The smallest absolute Gasteiger partial charge is 0.256 e. The number of fused-ring (bicyclic) bond motifs is 2. The summed E-state index contributed by atoms with van der Waals surface area (Å²) in [7, 11) is 4.15. The second kappa shape index (κ2) is 12.5. The van der Waals surface area contributed by atoms with Crippen LogP contribution in [0.1, 0.15) is 70.6 Å². The van der Waals surface area contributed by atoms with E-state index in [1.165, 1.54) is 5.69 Å². The van der Waals surface area contributed by atoms with Crippen LogP contribution in [0.2, 0.25) is 0 Å². The molecule has 0 bridgehead atoms. The van der Waals surface area contributed by atoms with Gasteiger partial charge in [0.15, 0.2) is 0 Å². The fraction of sp³-hybridized carbons (Fsp3) is 0.382. The number of amides is 2. The molecule has 4 heterocycles. The average molecular weight is 581 g/mol. The van der Waals surface area contributed by atoms with Crippen molar-refractivity contribution in [3.05, 3.63) is 83.2 Å². The number of ether oxygens (including phenoxy) is 1. The van der Waals surface area contributed by atoms with Gasteiger partial charge in [0, 0.05) is 71.4 Å². The number of carbonyl (C=O) groups excluding carboxylic acids is 2. The fourth-order valence-electron chi connectivity index (χ4n) is 6.39. The molecule has 1 fully saturated rings. The van der Waals surface area contributed by atoms with E-state index in [2.05, 4.69) is 63.6 Å². The predicted octanol–water partition coefficient (Wildman–Crippen LogP) is 5.76. The molecule has 1 atom stereocenters. The number of anilines is 2. The maximum atomic E-state index is 12.9. The van der Waals surface area contributed by atoms with Crippen LogP contribution in [-0.2, 0) is 6.54 Å². The van der Waals surface area contributed by atoms with E-state index in [1.807, 2.05) is 30.3 Å². The summed E-state index contributed by atoms with van der Waals surface area (Å²) >= 11 is 0. The number of piperidine rings is 1. The van der Waals surface area contributed by atoms with Gasteiger partial charge in [-0.1, -0.05) is 13.0 Å². The third-order valence-electron chi connectivity index (χ3n) is 8.82. The molecular weight excluding hydrogens is 540 g/mol. The van der Waals surface area contributed by atoms with E-state index in [0.717, 1.165) is 72.2 Å². The number of nitrogens with one attached hydrogen (secondary N) is 3. The minimum Gasteiger partial charge on any atom is -0.494 e. The third-order valence-corrected chi connectivity index (χ3v) is 8.82. The van der Waals surface area contributed by atoms with E-state index < -0.39 is 0 Å². The fourth-order valence-corrected chi connectivity index (χ4v) is 6.39. The Morgan fingerprint density at radius 1 is 1.14 bits per heavy atom. The van der Waals surface area contributed by atoms with Gasteiger partial charge in [0.25, 0.3) is 11.8 Å². The summed E-state index contributed by atoms with van der Waals surface area (Å²) in [6, 6.07) is 17.6. The highest BCUT2D eigenvalue weighted by molar-refractivity contribution is 6.04. The summed E-state index contributed by atoms with van der Waals surface area (Å²) in [5.74, 6) is 1.70. The molecule has 1 unspecified atom stereocenters. The van der Waals surface area contributed by atoms with Crippen LogP contribution in [0.4, 0.5) is 11.5 Å². The van der Waals surface area contributed by atoms with Gasteiger partial charge in [-0.2, -0.15) is 0 Å². The molecule has 0 aliphatic carbocycles. The van der Waals surface area contributed by atoms with Crippen molar-refractivity contribution in [1.82, 2.24) is 20.2 Å². The third kappa shape index (κ3) is 6.22. The lowest BCUT2D eigenvalue weighted by Gasteiger charge is -2.34. The lowest BCUT2D eigenvalue weighted by molar-refractivity contribution is 0.0964. The van der Waals surface area contributed by atoms with E-state index in [4.69, 9.17) is 4.74 Å². The lowest BCUT2D eigenvalue weighted by atomic mass is 9.93. The maximum absolute atomic E-state index is 12.9. The highest BCUT2D eigenvalue weighted by atomic mass is 16.5. The predicted molar refractivity (Wildman–Crippen MR) is 170 cm³/mol. The standard InChI is InChI=1S/C34H40N6O3/c1-4-30(39(2)3)29-18-24-20-35-32(19-28(24)37-29)38-33(41)23-8-10-25(11-9-23)43-17-14-22-12-15-40(16-13-22)31-7-5-6-26-27(31)21-36-34(26)42/h5-11,18-20,22,30,37H,4,12-17,21H2,1-3H3,(H,36,42)(H,35,38,41). The molecule has 0 spiro atoms. The Morgan fingerprint density at radius 2 is 1.93 bits per heavy atom. The molecule has 43 heavy (non-hydrogen) atoms. The second-order valence-electron chi connectivity index (χ2n) is 11.8. The summed E-state index contributed by atoms with van der Waals surface area (Å²) in [6.45, 7) is 5.41. The van der Waals surface area contributed by atoms with Crippen molar-refractivity contribution in [2.24, 2.45) is 5.92 Å². The van der Waals surface area contributed by atoms with Gasteiger partial charge in [-0.15, -0.1) is 0 Å². The van der Waals surface area contributed by atoms with Crippen LogP contribution >= 0.6 is 0 Å². The highest BCUT2D eigenvalue weighted by Gasteiger charge is 2.26. The topological polar surface area (TPSA) is 103 Å². The minimum absolute atomic E-state index is 0.0309. The van der Waals surface area contributed by atoms with E-state index in [-0.39, 0.29) is 11.8 Å². The highest BCUT2D eigenvalue weighted by Crippen LogP contribution is 2.32. The SMILES string of the molecule is CCC(c1cc2cnc(NC(=O)c3ccc(OCCC4CCN(c5cccc6c5CNC6=O)CC4)cc3)cc2[nH]1)N(C)C. The van der Waals surface area contributed by atoms with Crippen LogP contribution in [0.25, 0.3) is 10.9 Å². The van der Waals surface area contributed by atoms with Gasteiger partial charge >= 0.3 is 0 Å². The van der Waals surface area contributed by atoms with Crippen molar-refractivity contribution in [3.8, 4) is 5.75 Å². The number of H-pyrrole nitrogens is 1. The molecule has 2 amide bonds. The van der Waals surface area contributed by atoms with Crippen molar-refractivity contribution in [3.63, 3.8) is 0 Å². The molecular formula is C34H40N6O3. The van der Waals surface area contributed by atoms with Crippen molar-refractivity contribution >= 4 is 34.2 Å². The molecule has 2 aromatic carbocycles. The summed E-state index contributed by atoms with van der Waals surface area (Å²) in [5, 5.41) is 6.88. The number of aromatic nitrogens is 2. The number of hydrogen-bond donors (Lipinski definition) is 3. The molecule has 224 valence electrons. The molecule has 3 N–H and O–H groups in total. The maximum Gasteiger partial charge on any atom is 0.256 e. The number of nitrogens with zero attached hydrogens (tertiary/aromatic N) is 3. The van der Waals surface area contributed by atoms with Gasteiger partial charge < -0.3 is 30.2 Å². The van der Waals surface area contributed by atoms with E-state index in [9.17, 15) is 9.59 Å². The van der Waals surface area contributed by atoms with Crippen molar-refractivity contribution in [2.45, 2.75) is 45.2 Å². The Hall–Kier alpha value is -4.37. The number of pyridine rings is 1. The van der Waals surface area contributed by atoms with Crippen LogP contribution in [0.3, 0.4) is 0 Å². The van der Waals surface area contributed by atoms with Crippen LogP contribution in [0.15, 0.2) is 60.8 Å². The first-order valence-corrected chi connectivity index (χ1v) is 15.2. The molecule has 9 heteroatoms. The summed E-state index contributed by atoms with van der Waals surface area (Å²) < 4.78 is 6.03. The lowest BCUT2D eigenvalue weighted by Crippen LogP contribution is -2.34. The Morgan fingerprint density at radius 3 is 2.67 bits per heavy atom. The quantitative estimate of drug-likeness (QED) is 0.221. The number of rotatable bonds is 10. The molecule has 0 radical (unpaired) electrons. The van der Waals surface area contributed by atoms with Gasteiger partial charge in [0.2, 0.25) is 0 Å². The van der Waals surface area contributed by atoms with Crippen molar-refractivity contribution in [2.75, 3.05) is 44.0 Å². The average Bonchev–Trinajstić information content (AvgIpc) is 3.61. The van der Waals surface area contributed by atoms with Gasteiger partial charge in [-0.25, -0.2) is 4.98 Å². The van der Waals surface area contributed by atoms with E-state index in [1.54, 1.807) is 18.3 Å². The molecule has 6 rings (SSSR count). The summed E-state index contributed by atoms with van der Waals surface area (Å²) in [5.41, 5.74) is 5.77. The Bertz CT molecular complexity index is 1600. The summed E-state index contributed by atoms with van der Waals surface area (Å²) in [4.78, 5) is 37.5. The largest absolute Gasteiger partial charge is 0.494 e. The van der Waals surface area contributed by atoms with E-state index in [0.29, 0.717) is 36.5 Å². The zero-order valence-corrected chi connectivity index (χ0v) is 25.2. The molecule has 0 saturated carbocycles. The van der Waals surface area contributed by atoms with Crippen LogP contribution in [-0.4, -0.2) is 60.5 Å². The Labute approximate surface area is 252 Å². The minimum atomic E-state index is -0.208. The number of aromatic amines is 1. The first-order valence-electron chi connectivity index (χ1n) is 15.2. The van der Waals surface area contributed by atoms with Crippen LogP contribution in [0.5, 0.6) is 5.75 Å². The number of benzene rings is 2. The van der Waals surface area contributed by atoms with Gasteiger partial charge in [-0.05, 0) is 88.2 Å². The molecule has 9 nitrogen and oxygen atoms in total. The number of carbonyl (C=O) groups is 2. The van der Waals surface area contributed by atoms with E-state index >= 15 is 0 Å². The molecule has 4 aromatic rings. The molecule has 2 aliphatic heterocycles. The van der Waals surface area contributed by atoms with Crippen molar-refractivity contribution in [1.29, 1.82) is 0 Å². The first kappa shape index (κ1) is 28.7.